The first-order chi connectivity index (χ1) is 14.8. The van der Waals surface area contributed by atoms with E-state index in [0.717, 1.165) is 40.0 Å². The van der Waals surface area contributed by atoms with E-state index in [-0.39, 0.29) is 16.0 Å². The third-order valence-electron chi connectivity index (χ3n) is 5.67. The van der Waals surface area contributed by atoms with Gasteiger partial charge in [0.15, 0.2) is 11.5 Å². The van der Waals surface area contributed by atoms with Crippen molar-refractivity contribution in [3.8, 4) is 17.2 Å². The molecule has 8 heteroatoms. The number of thioether (sulfide) groups is 2. The van der Waals surface area contributed by atoms with Gasteiger partial charge in [0.05, 0.1) is 27.4 Å². The Morgan fingerprint density at radius 1 is 1.16 bits per heavy atom. The highest BCUT2D eigenvalue weighted by Crippen LogP contribution is 2.51. The number of aryl methyl sites for hydroxylation is 1. The maximum absolute atomic E-state index is 12.0. The molecule has 1 aromatic rings. The number of nitrogens with one attached hydrogen (secondary N) is 1. The van der Waals surface area contributed by atoms with Gasteiger partial charge in [0.25, 0.3) is 0 Å². The van der Waals surface area contributed by atoms with Gasteiger partial charge < -0.3 is 19.5 Å². The molecule has 0 aliphatic heterocycles. The molecule has 0 saturated carbocycles. The largest absolute Gasteiger partial charge is 0.493 e. The van der Waals surface area contributed by atoms with E-state index in [1.807, 2.05) is 6.07 Å². The molecule has 2 aliphatic carbocycles. The number of rotatable bonds is 6. The third-order valence-corrected chi connectivity index (χ3v) is 9.38. The predicted molar refractivity (Wildman–Crippen MR) is 135 cm³/mol. The van der Waals surface area contributed by atoms with Crippen LogP contribution >= 0.6 is 36.2 Å². The highest BCUT2D eigenvalue weighted by molar-refractivity contribution is 8.19. The van der Waals surface area contributed by atoms with Crippen LogP contribution < -0.4 is 19.5 Å². The third kappa shape index (κ3) is 4.34. The molecule has 168 valence electrons. The van der Waals surface area contributed by atoms with Crippen LogP contribution in [0.25, 0.3) is 5.57 Å². The summed E-state index contributed by atoms with van der Waals surface area (Å²) in [5.41, 5.74) is 4.08. The molecular weight excluding hydrogens is 450 g/mol. The Morgan fingerprint density at radius 2 is 1.84 bits per heavy atom. The van der Waals surface area contributed by atoms with E-state index in [2.05, 4.69) is 36.1 Å². The molecule has 31 heavy (non-hydrogen) atoms. The summed E-state index contributed by atoms with van der Waals surface area (Å²) >= 11 is 8.34. The second-order valence-corrected chi connectivity index (χ2v) is 10.1. The fourth-order valence-electron chi connectivity index (χ4n) is 4.19. The van der Waals surface area contributed by atoms with Crippen LogP contribution in [0.15, 0.2) is 34.8 Å². The van der Waals surface area contributed by atoms with Crippen molar-refractivity contribution in [1.82, 2.24) is 5.32 Å². The first-order valence-electron chi connectivity index (χ1n) is 9.89. The molecule has 0 saturated heterocycles. The molecule has 5 nitrogen and oxygen atoms in total. The molecule has 0 bridgehead atoms. The summed E-state index contributed by atoms with van der Waals surface area (Å²) in [7, 11) is 4.88. The van der Waals surface area contributed by atoms with Crippen molar-refractivity contribution in [2.75, 3.05) is 33.8 Å². The van der Waals surface area contributed by atoms with Gasteiger partial charge in [0.1, 0.15) is 4.08 Å². The fraction of sp³-hybridized carbons (Fsp3) is 0.435. The number of carbonyl (C=O) groups is 1. The number of hydrogen-bond acceptors (Lipinski definition) is 7. The molecule has 0 aromatic heterocycles. The summed E-state index contributed by atoms with van der Waals surface area (Å²) in [4.78, 5) is 13.0. The number of allylic oxidation sites excluding steroid dienone is 2. The number of amides is 1. The number of hydrogen-bond donors (Lipinski definition) is 2. The molecule has 1 aromatic carbocycles. The smallest absolute Gasteiger partial charge is 0.217 e. The Labute approximate surface area is 198 Å². The maximum atomic E-state index is 12.0. The molecular formula is C23H29NO4S3. The number of methoxy groups -OCH3 is 3. The van der Waals surface area contributed by atoms with Crippen molar-refractivity contribution in [3.63, 3.8) is 0 Å². The van der Waals surface area contributed by atoms with E-state index in [0.29, 0.717) is 17.2 Å². The number of ether oxygens (including phenoxy) is 3. The second kappa shape index (κ2) is 9.88. The molecule has 0 spiro atoms. The van der Waals surface area contributed by atoms with Gasteiger partial charge in [0.2, 0.25) is 11.7 Å². The van der Waals surface area contributed by atoms with Crippen LogP contribution in [0.4, 0.5) is 0 Å². The summed E-state index contributed by atoms with van der Waals surface area (Å²) in [5, 5.41) is 3.14. The predicted octanol–water partition coefficient (Wildman–Crippen LogP) is 4.72. The molecule has 0 fully saturated rings. The maximum Gasteiger partial charge on any atom is 0.217 e. The van der Waals surface area contributed by atoms with Gasteiger partial charge in [-0.25, -0.2) is 0 Å². The quantitative estimate of drug-likeness (QED) is 0.455. The highest BCUT2D eigenvalue weighted by atomic mass is 32.2. The van der Waals surface area contributed by atoms with Crippen LogP contribution in [0.2, 0.25) is 0 Å². The van der Waals surface area contributed by atoms with Crippen LogP contribution in [-0.4, -0.2) is 49.9 Å². The van der Waals surface area contributed by atoms with Crippen LogP contribution in [0.5, 0.6) is 17.2 Å². The molecule has 0 radical (unpaired) electrons. The van der Waals surface area contributed by atoms with Crippen LogP contribution in [0, 0.1) is 0 Å². The Morgan fingerprint density at radius 3 is 2.39 bits per heavy atom. The van der Waals surface area contributed by atoms with Gasteiger partial charge in [0, 0.05) is 17.4 Å². The fourth-order valence-corrected chi connectivity index (χ4v) is 6.57. The minimum absolute atomic E-state index is 0.0618. The lowest BCUT2D eigenvalue weighted by molar-refractivity contribution is -0.119. The standard InChI is InChI=1S/C23H29NO4S3/c1-13(25)24-17-8-7-14-11-18(26-2)21(27-3)22(28-4)20(14)15-9-10-23(30-5,31-6)19(29)12-16(15)17/h9-12,17,29H,7-8H2,1-6H3,(H,24,25)/t17-/m0/s1. The monoisotopic (exact) mass is 479 g/mol. The zero-order valence-electron chi connectivity index (χ0n) is 18.7. The van der Waals surface area contributed by atoms with E-state index < -0.39 is 0 Å². The van der Waals surface area contributed by atoms with Crippen LogP contribution in [-0.2, 0) is 11.2 Å². The highest BCUT2D eigenvalue weighted by Gasteiger charge is 2.35. The number of thiol groups is 1. The lowest BCUT2D eigenvalue weighted by atomic mass is 9.93. The molecule has 0 unspecified atom stereocenters. The average Bonchev–Trinajstić information content (AvgIpc) is 2.99. The zero-order valence-corrected chi connectivity index (χ0v) is 21.2. The SMILES string of the molecule is COc1cc2c(c(OC)c1OC)C1=C(C=C(S)C(SC)(SC)C=C1)[C@@H](NC(C)=O)CC2. The molecule has 3 rings (SSSR count). The van der Waals surface area contributed by atoms with Gasteiger partial charge in [-0.05, 0) is 54.2 Å². The number of carbonyl (C=O) groups excluding carboxylic acids is 1. The Kier molecular flexibility index (Phi) is 7.65. The van der Waals surface area contributed by atoms with Crippen molar-refractivity contribution in [2.24, 2.45) is 0 Å². The summed E-state index contributed by atoms with van der Waals surface area (Å²) in [6, 6.07) is 1.87. The van der Waals surface area contributed by atoms with Gasteiger partial charge in [-0.2, -0.15) is 0 Å². The van der Waals surface area contributed by atoms with Gasteiger partial charge >= 0.3 is 0 Å². The van der Waals surface area contributed by atoms with E-state index in [1.54, 1.807) is 51.8 Å². The van der Waals surface area contributed by atoms with E-state index in [4.69, 9.17) is 26.8 Å². The van der Waals surface area contributed by atoms with Gasteiger partial charge in [-0.15, -0.1) is 36.2 Å². The first kappa shape index (κ1) is 24.0. The molecule has 0 heterocycles. The van der Waals surface area contributed by atoms with Crippen molar-refractivity contribution >= 4 is 47.6 Å². The second-order valence-electron chi connectivity index (χ2n) is 7.28. The normalized spacial score (nSPS) is 19.5. The Bertz CT molecular complexity index is 964. The molecule has 1 atom stereocenters. The summed E-state index contributed by atoms with van der Waals surface area (Å²) in [6.07, 6.45) is 12.1. The topological polar surface area (TPSA) is 56.8 Å². The van der Waals surface area contributed by atoms with Crippen molar-refractivity contribution in [3.05, 3.63) is 45.9 Å². The van der Waals surface area contributed by atoms with Crippen LogP contribution in [0.3, 0.4) is 0 Å². The number of benzene rings is 1. The average molecular weight is 480 g/mol. The van der Waals surface area contributed by atoms with Crippen LogP contribution in [0.1, 0.15) is 24.5 Å². The zero-order chi connectivity index (χ0) is 22.8. The van der Waals surface area contributed by atoms with Gasteiger partial charge in [-0.1, -0.05) is 12.2 Å². The molecule has 1 amide bonds. The lowest BCUT2D eigenvalue weighted by Crippen LogP contribution is -2.34. The lowest BCUT2D eigenvalue weighted by Gasteiger charge is -2.27. The molecule has 1 N–H and O–H groups in total. The minimum atomic E-state index is -0.306. The summed E-state index contributed by atoms with van der Waals surface area (Å²) in [5.74, 6) is 1.76. The first-order valence-corrected chi connectivity index (χ1v) is 12.8. The van der Waals surface area contributed by atoms with Crippen molar-refractivity contribution < 1.29 is 19.0 Å². The number of fused-ring (bicyclic) bond motifs is 2. The Balaban J connectivity index is 2.37. The van der Waals surface area contributed by atoms with E-state index in [1.165, 1.54) is 0 Å². The van der Waals surface area contributed by atoms with Gasteiger partial charge in [-0.3, -0.25) is 4.79 Å². The summed E-state index contributed by atoms with van der Waals surface area (Å²) in [6.45, 7) is 1.55. The van der Waals surface area contributed by atoms with E-state index in [9.17, 15) is 4.79 Å². The molecule has 2 aliphatic rings. The van der Waals surface area contributed by atoms with Crippen molar-refractivity contribution in [2.45, 2.75) is 29.9 Å². The van der Waals surface area contributed by atoms with Crippen molar-refractivity contribution in [1.29, 1.82) is 0 Å². The summed E-state index contributed by atoms with van der Waals surface area (Å²) < 4.78 is 16.8. The van der Waals surface area contributed by atoms with E-state index >= 15 is 0 Å². The minimum Gasteiger partial charge on any atom is -0.493 e. The Hall–Kier alpha value is -1.64.